The molecule has 3 N–H and O–H groups in total. The number of rotatable bonds is 6. The predicted molar refractivity (Wildman–Crippen MR) is 110 cm³/mol. The number of primary amides is 1. The van der Waals surface area contributed by atoms with Crippen LogP contribution in [0.5, 0.6) is 0 Å². The maximum absolute atomic E-state index is 12.5. The summed E-state index contributed by atoms with van der Waals surface area (Å²) in [6.45, 7) is 2.85. The van der Waals surface area contributed by atoms with E-state index in [2.05, 4.69) is 21.8 Å². The fraction of sp³-hybridized carbons (Fsp3) is 0.316. The number of nitrogens with one attached hydrogen (secondary N) is 1. The van der Waals surface area contributed by atoms with Crippen LogP contribution in [0.15, 0.2) is 29.4 Å². The Morgan fingerprint density at radius 1 is 1.33 bits per heavy atom. The molecule has 0 radical (unpaired) electrons. The van der Waals surface area contributed by atoms with Gasteiger partial charge in [0.15, 0.2) is 5.16 Å². The maximum atomic E-state index is 12.5. The van der Waals surface area contributed by atoms with Gasteiger partial charge >= 0.3 is 0 Å². The average Bonchev–Trinajstić information content (AvgIpc) is 3.31. The molecule has 6 nitrogen and oxygen atoms in total. The van der Waals surface area contributed by atoms with Gasteiger partial charge in [0.25, 0.3) is 5.91 Å². The molecule has 0 spiro atoms. The summed E-state index contributed by atoms with van der Waals surface area (Å²) in [6, 6.07) is 7.94. The second-order valence-corrected chi connectivity index (χ2v) is 8.44. The number of amides is 2. The lowest BCUT2D eigenvalue weighted by Gasteiger charge is -2.07. The van der Waals surface area contributed by atoms with Crippen LogP contribution in [0.2, 0.25) is 0 Å². The first kappa shape index (κ1) is 18.1. The van der Waals surface area contributed by atoms with Crippen molar-refractivity contribution in [1.82, 2.24) is 9.55 Å². The van der Waals surface area contributed by atoms with E-state index in [1.807, 2.05) is 24.3 Å². The highest BCUT2D eigenvalue weighted by Crippen LogP contribution is 2.39. The Morgan fingerprint density at radius 3 is 2.93 bits per heavy atom. The third-order valence-electron chi connectivity index (χ3n) is 4.69. The average molecular weight is 401 g/mol. The normalized spacial score (nSPS) is 13.1. The Morgan fingerprint density at radius 2 is 2.15 bits per heavy atom. The third-order valence-corrected chi connectivity index (χ3v) is 6.87. The van der Waals surface area contributed by atoms with Crippen molar-refractivity contribution in [2.24, 2.45) is 5.73 Å². The van der Waals surface area contributed by atoms with Crippen molar-refractivity contribution in [1.29, 1.82) is 0 Å². The molecule has 1 aliphatic rings. The lowest BCUT2D eigenvalue weighted by atomic mass is 10.1. The number of nitrogens with zero attached hydrogens (tertiary/aromatic N) is 2. The standard InChI is InChI=1S/C19H20N4O2S2/c1-2-23-13-8-4-3-7-12(13)21-19(23)26-10-15(24)22-18-16(17(20)25)11-6-5-9-14(11)27-18/h3-4,7-8H,2,5-6,9-10H2,1H3,(H2,20,25)(H,22,24). The van der Waals surface area contributed by atoms with Gasteiger partial charge in [-0.05, 0) is 43.9 Å². The number of thioether (sulfide) groups is 1. The number of aryl methyl sites for hydroxylation is 2. The van der Waals surface area contributed by atoms with Gasteiger partial charge in [0.1, 0.15) is 5.00 Å². The van der Waals surface area contributed by atoms with Crippen molar-refractivity contribution >= 4 is 50.9 Å². The first-order chi connectivity index (χ1) is 13.1. The van der Waals surface area contributed by atoms with Crippen LogP contribution in [0.3, 0.4) is 0 Å². The van der Waals surface area contributed by atoms with Gasteiger partial charge in [-0.25, -0.2) is 4.98 Å². The summed E-state index contributed by atoms with van der Waals surface area (Å²) < 4.78 is 2.10. The number of anilines is 1. The summed E-state index contributed by atoms with van der Waals surface area (Å²) in [5, 5.41) is 4.29. The molecule has 3 aromatic rings. The van der Waals surface area contributed by atoms with Gasteiger partial charge in [-0.15, -0.1) is 11.3 Å². The van der Waals surface area contributed by atoms with Gasteiger partial charge in [0.2, 0.25) is 5.91 Å². The van der Waals surface area contributed by atoms with E-state index in [1.165, 1.54) is 28.0 Å². The molecule has 2 heterocycles. The van der Waals surface area contributed by atoms with E-state index in [0.29, 0.717) is 10.6 Å². The molecule has 2 aromatic heterocycles. The molecule has 1 aliphatic carbocycles. The Kier molecular flexibility index (Phi) is 4.92. The number of imidazole rings is 1. The highest BCUT2D eigenvalue weighted by molar-refractivity contribution is 7.99. The van der Waals surface area contributed by atoms with Crippen molar-refractivity contribution < 1.29 is 9.59 Å². The van der Waals surface area contributed by atoms with Gasteiger partial charge in [-0.1, -0.05) is 23.9 Å². The van der Waals surface area contributed by atoms with E-state index in [9.17, 15) is 9.59 Å². The van der Waals surface area contributed by atoms with Crippen LogP contribution in [0.1, 0.15) is 34.1 Å². The first-order valence-electron chi connectivity index (χ1n) is 8.90. The fourth-order valence-corrected chi connectivity index (χ4v) is 5.70. The molecule has 27 heavy (non-hydrogen) atoms. The Balaban J connectivity index is 1.49. The fourth-order valence-electron chi connectivity index (χ4n) is 3.51. The van der Waals surface area contributed by atoms with Crippen LogP contribution in [0.25, 0.3) is 11.0 Å². The molecule has 140 valence electrons. The van der Waals surface area contributed by atoms with Crippen molar-refractivity contribution in [3.05, 3.63) is 40.3 Å². The molecule has 0 saturated heterocycles. The van der Waals surface area contributed by atoms with Gasteiger partial charge in [0, 0.05) is 11.4 Å². The number of hydrogen-bond acceptors (Lipinski definition) is 5. The quantitative estimate of drug-likeness (QED) is 0.620. The maximum Gasteiger partial charge on any atom is 0.251 e. The highest BCUT2D eigenvalue weighted by atomic mass is 32.2. The molecule has 0 fully saturated rings. The molecule has 0 atom stereocenters. The van der Waals surface area contributed by atoms with E-state index in [-0.39, 0.29) is 11.7 Å². The summed E-state index contributed by atoms with van der Waals surface area (Å²) >= 11 is 2.87. The van der Waals surface area contributed by atoms with Crippen LogP contribution in [0.4, 0.5) is 5.00 Å². The largest absolute Gasteiger partial charge is 0.365 e. The summed E-state index contributed by atoms with van der Waals surface area (Å²) in [7, 11) is 0. The summed E-state index contributed by atoms with van der Waals surface area (Å²) in [4.78, 5) is 30.1. The van der Waals surface area contributed by atoms with Crippen LogP contribution in [-0.2, 0) is 24.2 Å². The van der Waals surface area contributed by atoms with Gasteiger partial charge in [0.05, 0.1) is 22.3 Å². The van der Waals surface area contributed by atoms with E-state index < -0.39 is 5.91 Å². The molecule has 0 saturated carbocycles. The second kappa shape index (κ2) is 7.36. The number of hydrogen-bond donors (Lipinski definition) is 2. The van der Waals surface area contributed by atoms with E-state index in [4.69, 9.17) is 5.73 Å². The van der Waals surface area contributed by atoms with Crippen LogP contribution >= 0.6 is 23.1 Å². The smallest absolute Gasteiger partial charge is 0.251 e. The first-order valence-corrected chi connectivity index (χ1v) is 10.7. The highest BCUT2D eigenvalue weighted by Gasteiger charge is 2.26. The lowest BCUT2D eigenvalue weighted by Crippen LogP contribution is -2.19. The molecule has 4 rings (SSSR count). The number of aromatic nitrogens is 2. The van der Waals surface area contributed by atoms with E-state index in [0.717, 1.165) is 47.6 Å². The van der Waals surface area contributed by atoms with Crippen LogP contribution < -0.4 is 11.1 Å². The van der Waals surface area contributed by atoms with Gasteiger partial charge in [-0.2, -0.15) is 0 Å². The SMILES string of the molecule is CCn1c(SCC(=O)Nc2sc3c(c2C(N)=O)CCC3)nc2ccccc21. The van der Waals surface area contributed by atoms with E-state index in [1.54, 1.807) is 0 Å². The van der Waals surface area contributed by atoms with Crippen molar-refractivity contribution in [3.63, 3.8) is 0 Å². The minimum Gasteiger partial charge on any atom is -0.365 e. The Hall–Kier alpha value is -2.32. The summed E-state index contributed by atoms with van der Waals surface area (Å²) in [6.07, 6.45) is 2.85. The number of benzene rings is 1. The Labute approximate surface area is 165 Å². The second-order valence-electron chi connectivity index (χ2n) is 6.39. The summed E-state index contributed by atoms with van der Waals surface area (Å²) in [5.74, 6) is -0.397. The number of thiophene rings is 1. The molecular weight excluding hydrogens is 380 g/mol. The topological polar surface area (TPSA) is 90.0 Å². The number of fused-ring (bicyclic) bond motifs is 2. The minimum atomic E-state index is -0.467. The van der Waals surface area contributed by atoms with Crippen LogP contribution in [0, 0.1) is 0 Å². The monoisotopic (exact) mass is 400 g/mol. The number of nitrogens with two attached hydrogens (primary N) is 1. The predicted octanol–water partition coefficient (Wildman–Crippen LogP) is 3.44. The zero-order valence-corrected chi connectivity index (χ0v) is 16.6. The third kappa shape index (κ3) is 3.35. The number of carbonyl (C=O) groups is 2. The van der Waals surface area contributed by atoms with Crippen LogP contribution in [-0.4, -0.2) is 27.1 Å². The zero-order chi connectivity index (χ0) is 19.0. The summed E-state index contributed by atoms with van der Waals surface area (Å²) in [5.41, 5.74) is 9.05. The van der Waals surface area contributed by atoms with Crippen molar-refractivity contribution in [3.8, 4) is 0 Å². The van der Waals surface area contributed by atoms with Crippen molar-refractivity contribution in [2.75, 3.05) is 11.1 Å². The molecule has 0 bridgehead atoms. The zero-order valence-electron chi connectivity index (χ0n) is 14.9. The molecule has 1 aromatic carbocycles. The number of carbonyl (C=O) groups excluding carboxylic acids is 2. The molecular formula is C19H20N4O2S2. The minimum absolute atomic E-state index is 0.155. The molecule has 2 amide bonds. The van der Waals surface area contributed by atoms with E-state index >= 15 is 0 Å². The molecule has 0 aliphatic heterocycles. The van der Waals surface area contributed by atoms with Gasteiger partial charge in [-0.3, -0.25) is 9.59 Å². The van der Waals surface area contributed by atoms with Crippen molar-refractivity contribution in [2.45, 2.75) is 37.9 Å². The molecule has 8 heteroatoms. The Bertz CT molecular complexity index is 1040. The lowest BCUT2D eigenvalue weighted by molar-refractivity contribution is -0.113. The number of para-hydroxylation sites is 2. The molecule has 0 unspecified atom stereocenters. The van der Waals surface area contributed by atoms with Gasteiger partial charge < -0.3 is 15.6 Å².